The van der Waals surface area contributed by atoms with E-state index < -0.39 is 5.41 Å². The predicted molar refractivity (Wildman–Crippen MR) is 116 cm³/mol. The highest BCUT2D eigenvalue weighted by atomic mass is 16.2. The Morgan fingerprint density at radius 1 is 0.893 bits per heavy atom. The number of nitrogens with zero attached hydrogens (tertiary/aromatic N) is 1. The molecule has 0 heterocycles. The summed E-state index contributed by atoms with van der Waals surface area (Å²) in [7, 11) is 0. The molecule has 28 heavy (non-hydrogen) atoms. The zero-order chi connectivity index (χ0) is 20.7. The number of nitrogens with one attached hydrogen (secondary N) is 2. The second kappa shape index (κ2) is 9.51. The lowest BCUT2D eigenvalue weighted by Gasteiger charge is -2.18. The van der Waals surface area contributed by atoms with Gasteiger partial charge in [-0.2, -0.15) is 0 Å². The molecule has 0 aliphatic carbocycles. The van der Waals surface area contributed by atoms with Gasteiger partial charge in [0.05, 0.1) is 0 Å². The van der Waals surface area contributed by atoms with Crippen LogP contribution in [0.4, 0.5) is 11.4 Å². The van der Waals surface area contributed by atoms with Crippen molar-refractivity contribution in [2.75, 3.05) is 23.7 Å². The first-order valence-electron chi connectivity index (χ1n) is 9.77. The van der Waals surface area contributed by atoms with Crippen molar-refractivity contribution in [3.63, 3.8) is 0 Å². The molecule has 2 N–H and O–H groups in total. The fraction of sp³-hybridized carbons (Fsp3) is 0.391. The minimum Gasteiger partial charge on any atom is -0.326 e. The third kappa shape index (κ3) is 6.20. The first-order chi connectivity index (χ1) is 13.2. The van der Waals surface area contributed by atoms with E-state index in [1.54, 1.807) is 24.3 Å². The molecule has 0 aromatic heterocycles. The van der Waals surface area contributed by atoms with Crippen LogP contribution in [-0.2, 0) is 11.3 Å². The van der Waals surface area contributed by atoms with Crippen molar-refractivity contribution in [1.29, 1.82) is 0 Å². The Balaban J connectivity index is 2.09. The summed E-state index contributed by atoms with van der Waals surface area (Å²) in [5, 5.41) is 5.81. The highest BCUT2D eigenvalue weighted by Gasteiger charge is 2.21. The Bertz CT molecular complexity index is 821. The summed E-state index contributed by atoms with van der Waals surface area (Å²) in [5.41, 5.74) is 2.54. The van der Waals surface area contributed by atoms with Crippen molar-refractivity contribution < 1.29 is 9.59 Å². The number of hydrogen-bond donors (Lipinski definition) is 2. The topological polar surface area (TPSA) is 61.4 Å². The van der Waals surface area contributed by atoms with Crippen LogP contribution in [0.5, 0.6) is 0 Å². The van der Waals surface area contributed by atoms with Gasteiger partial charge < -0.3 is 10.6 Å². The summed E-state index contributed by atoms with van der Waals surface area (Å²) in [5.74, 6) is -0.291. The number of benzene rings is 2. The Morgan fingerprint density at radius 2 is 1.50 bits per heavy atom. The van der Waals surface area contributed by atoms with Crippen molar-refractivity contribution in [1.82, 2.24) is 4.90 Å². The molecule has 0 fully saturated rings. The van der Waals surface area contributed by atoms with Crippen molar-refractivity contribution in [2.24, 2.45) is 5.41 Å². The standard InChI is InChI=1S/C23H31N3O2/c1-6-26(7-2)16-17-10-8-12-19(14-17)24-21(27)18-11-9-13-20(15-18)25-22(28)23(3,4)5/h8-15H,6-7,16H2,1-5H3,(H,24,27)(H,25,28). The van der Waals surface area contributed by atoms with Gasteiger partial charge >= 0.3 is 0 Å². The molecule has 0 bridgehead atoms. The van der Waals surface area contributed by atoms with Gasteiger partial charge in [-0.1, -0.05) is 52.8 Å². The number of carbonyl (C=O) groups excluding carboxylic acids is 2. The van der Waals surface area contributed by atoms with Crippen LogP contribution in [-0.4, -0.2) is 29.8 Å². The van der Waals surface area contributed by atoms with Crippen molar-refractivity contribution >= 4 is 23.2 Å². The number of hydrogen-bond acceptors (Lipinski definition) is 3. The van der Waals surface area contributed by atoms with Crippen molar-refractivity contribution in [3.05, 3.63) is 59.7 Å². The average molecular weight is 382 g/mol. The fourth-order valence-corrected chi connectivity index (χ4v) is 2.71. The number of carbonyl (C=O) groups is 2. The van der Waals surface area contributed by atoms with Gasteiger partial charge in [0.15, 0.2) is 0 Å². The summed E-state index contributed by atoms with van der Waals surface area (Å²) >= 11 is 0. The summed E-state index contributed by atoms with van der Waals surface area (Å²) in [4.78, 5) is 27.1. The van der Waals surface area contributed by atoms with E-state index >= 15 is 0 Å². The van der Waals surface area contributed by atoms with Gasteiger partial charge in [0.2, 0.25) is 5.91 Å². The van der Waals surface area contributed by atoms with Gasteiger partial charge in [0.25, 0.3) is 5.91 Å². The molecule has 2 aromatic rings. The molecular formula is C23H31N3O2. The highest BCUT2D eigenvalue weighted by molar-refractivity contribution is 6.05. The molecule has 0 spiro atoms. The molecule has 0 saturated carbocycles. The molecule has 5 heteroatoms. The lowest BCUT2D eigenvalue weighted by Crippen LogP contribution is -2.27. The van der Waals surface area contributed by atoms with Gasteiger partial charge in [-0.25, -0.2) is 0 Å². The Kier molecular flexibility index (Phi) is 7.35. The molecule has 0 aliphatic heterocycles. The molecule has 2 rings (SSSR count). The number of anilines is 2. The van der Waals surface area contributed by atoms with E-state index in [2.05, 4.69) is 35.4 Å². The second-order valence-electron chi connectivity index (χ2n) is 7.90. The van der Waals surface area contributed by atoms with Crippen LogP contribution in [0.3, 0.4) is 0 Å². The van der Waals surface area contributed by atoms with E-state index in [4.69, 9.17) is 0 Å². The zero-order valence-corrected chi connectivity index (χ0v) is 17.5. The number of rotatable bonds is 7. The van der Waals surface area contributed by atoms with Gasteiger partial charge in [-0.3, -0.25) is 14.5 Å². The summed E-state index contributed by atoms with van der Waals surface area (Å²) in [6, 6.07) is 14.9. The van der Waals surface area contributed by atoms with E-state index in [1.165, 1.54) is 0 Å². The SMILES string of the molecule is CCN(CC)Cc1cccc(NC(=O)c2cccc(NC(=O)C(C)(C)C)c2)c1. The molecule has 0 atom stereocenters. The molecule has 5 nitrogen and oxygen atoms in total. The molecule has 150 valence electrons. The monoisotopic (exact) mass is 381 g/mol. The fourth-order valence-electron chi connectivity index (χ4n) is 2.71. The predicted octanol–water partition coefficient (Wildman–Crippen LogP) is 4.77. The second-order valence-corrected chi connectivity index (χ2v) is 7.90. The van der Waals surface area contributed by atoms with Crippen LogP contribution in [0.25, 0.3) is 0 Å². The zero-order valence-electron chi connectivity index (χ0n) is 17.5. The van der Waals surface area contributed by atoms with Gasteiger partial charge in [-0.15, -0.1) is 0 Å². The van der Waals surface area contributed by atoms with E-state index in [-0.39, 0.29) is 11.8 Å². The van der Waals surface area contributed by atoms with Crippen molar-refractivity contribution in [3.8, 4) is 0 Å². The quantitative estimate of drug-likeness (QED) is 0.726. The van der Waals surface area contributed by atoms with Crippen LogP contribution in [0.2, 0.25) is 0 Å². The van der Waals surface area contributed by atoms with Crippen LogP contribution in [0, 0.1) is 5.41 Å². The van der Waals surface area contributed by atoms with Gasteiger partial charge in [0, 0.05) is 28.9 Å². The van der Waals surface area contributed by atoms with Gasteiger partial charge in [-0.05, 0) is 49.0 Å². The average Bonchev–Trinajstić information content (AvgIpc) is 2.66. The molecule has 0 unspecified atom stereocenters. The first kappa shape index (κ1) is 21.6. The maximum absolute atomic E-state index is 12.7. The highest BCUT2D eigenvalue weighted by Crippen LogP contribution is 2.19. The van der Waals surface area contributed by atoms with E-state index in [9.17, 15) is 9.59 Å². The summed E-state index contributed by atoms with van der Waals surface area (Å²) in [6.07, 6.45) is 0. The lowest BCUT2D eigenvalue weighted by atomic mass is 9.95. The van der Waals surface area contributed by atoms with Crippen LogP contribution in [0.15, 0.2) is 48.5 Å². The van der Waals surface area contributed by atoms with Gasteiger partial charge in [0.1, 0.15) is 0 Å². The Labute approximate surface area is 168 Å². The normalized spacial score (nSPS) is 11.4. The molecule has 0 saturated heterocycles. The largest absolute Gasteiger partial charge is 0.326 e. The van der Waals surface area contributed by atoms with E-state index in [0.29, 0.717) is 11.3 Å². The van der Waals surface area contributed by atoms with Crippen molar-refractivity contribution in [2.45, 2.75) is 41.2 Å². The molecule has 0 radical (unpaired) electrons. The molecule has 0 aliphatic rings. The minimum absolute atomic E-state index is 0.0887. The van der Waals surface area contributed by atoms with Crippen LogP contribution < -0.4 is 10.6 Å². The third-order valence-electron chi connectivity index (χ3n) is 4.55. The Hall–Kier alpha value is -2.66. The summed E-state index contributed by atoms with van der Waals surface area (Å²) < 4.78 is 0. The Morgan fingerprint density at radius 3 is 2.11 bits per heavy atom. The maximum Gasteiger partial charge on any atom is 0.255 e. The number of amides is 2. The first-order valence-corrected chi connectivity index (χ1v) is 9.77. The van der Waals surface area contributed by atoms with Crippen LogP contribution in [0.1, 0.15) is 50.5 Å². The molecule has 2 aromatic carbocycles. The smallest absolute Gasteiger partial charge is 0.255 e. The van der Waals surface area contributed by atoms with Crippen LogP contribution >= 0.6 is 0 Å². The third-order valence-corrected chi connectivity index (χ3v) is 4.55. The lowest BCUT2D eigenvalue weighted by molar-refractivity contribution is -0.123. The molecular weight excluding hydrogens is 350 g/mol. The maximum atomic E-state index is 12.7. The minimum atomic E-state index is -0.496. The van der Waals surface area contributed by atoms with E-state index in [0.717, 1.165) is 30.9 Å². The summed E-state index contributed by atoms with van der Waals surface area (Å²) in [6.45, 7) is 12.7. The molecule has 2 amide bonds. The van der Waals surface area contributed by atoms with E-state index in [1.807, 2.05) is 39.0 Å².